The van der Waals surface area contributed by atoms with E-state index in [1.54, 1.807) is 35.2 Å². The molecule has 1 aromatic carbocycles. The van der Waals surface area contributed by atoms with Crippen molar-refractivity contribution in [3.8, 4) is 17.0 Å². The molecule has 0 fully saturated rings. The zero-order chi connectivity index (χ0) is 16.7. The zero-order valence-electron chi connectivity index (χ0n) is 13.4. The van der Waals surface area contributed by atoms with Crippen LogP contribution in [0.25, 0.3) is 11.3 Å². The Morgan fingerprint density at radius 3 is 2.75 bits per heavy atom. The number of methoxy groups -OCH3 is 1. The zero-order valence-corrected chi connectivity index (χ0v) is 13.4. The molecule has 3 aromatic rings. The van der Waals surface area contributed by atoms with Gasteiger partial charge in [-0.2, -0.15) is 5.10 Å². The minimum Gasteiger partial charge on any atom is -0.496 e. The lowest BCUT2D eigenvalue weighted by molar-refractivity contribution is 0.0996. The summed E-state index contributed by atoms with van der Waals surface area (Å²) >= 11 is 0. The van der Waals surface area contributed by atoms with Crippen molar-refractivity contribution in [2.24, 2.45) is 7.05 Å². The molecule has 0 N–H and O–H groups in total. The maximum Gasteiger partial charge on any atom is 0.259 e. The van der Waals surface area contributed by atoms with Gasteiger partial charge in [-0.05, 0) is 18.2 Å². The van der Waals surface area contributed by atoms with Gasteiger partial charge in [-0.25, -0.2) is 0 Å². The molecule has 1 aliphatic heterocycles. The Hall–Kier alpha value is -3.15. The van der Waals surface area contributed by atoms with Crippen molar-refractivity contribution in [2.75, 3.05) is 12.0 Å². The highest BCUT2D eigenvalue weighted by molar-refractivity contribution is 6.11. The Labute approximate surface area is 139 Å². The lowest BCUT2D eigenvalue weighted by atomic mass is 10.0. The summed E-state index contributed by atoms with van der Waals surface area (Å²) in [5, 5.41) is 4.15. The molecule has 3 heterocycles. The largest absolute Gasteiger partial charge is 0.496 e. The minimum atomic E-state index is -0.0310. The van der Waals surface area contributed by atoms with Gasteiger partial charge in [0.1, 0.15) is 5.75 Å². The van der Waals surface area contributed by atoms with Crippen molar-refractivity contribution in [2.45, 2.75) is 6.54 Å². The molecule has 120 valence electrons. The maximum atomic E-state index is 12.8. The average Bonchev–Trinajstić information content (AvgIpc) is 3.18. The van der Waals surface area contributed by atoms with Crippen LogP contribution in [-0.2, 0) is 13.6 Å². The Balaban J connectivity index is 1.82. The summed E-state index contributed by atoms with van der Waals surface area (Å²) in [5.74, 6) is 0.710. The van der Waals surface area contributed by atoms with Gasteiger partial charge in [0.05, 0.1) is 31.2 Å². The predicted octanol–water partition coefficient (Wildman–Crippen LogP) is 2.65. The molecule has 2 aromatic heterocycles. The number of rotatable bonds is 3. The molecular weight excluding hydrogens is 304 g/mol. The normalized spacial score (nSPS) is 13.2. The molecule has 6 heteroatoms. The third-order valence-electron chi connectivity index (χ3n) is 4.21. The van der Waals surface area contributed by atoms with Crippen molar-refractivity contribution < 1.29 is 9.53 Å². The smallest absolute Gasteiger partial charge is 0.259 e. The first-order valence-electron chi connectivity index (χ1n) is 7.61. The number of carbonyl (C=O) groups excluding carboxylic acids is 1. The Kier molecular flexibility index (Phi) is 3.30. The number of aryl methyl sites for hydroxylation is 1. The summed E-state index contributed by atoms with van der Waals surface area (Å²) in [6.45, 7) is 0.473. The van der Waals surface area contributed by atoms with Crippen molar-refractivity contribution in [1.82, 2.24) is 14.8 Å². The second-order valence-electron chi connectivity index (χ2n) is 5.65. The molecule has 0 unspecified atom stereocenters. The lowest BCUT2D eigenvalue weighted by Gasteiger charge is -2.13. The molecule has 0 saturated heterocycles. The van der Waals surface area contributed by atoms with Gasteiger partial charge in [-0.1, -0.05) is 12.1 Å². The Bertz CT molecular complexity index is 932. The molecule has 0 radical (unpaired) electrons. The minimum absolute atomic E-state index is 0.0310. The number of para-hydroxylation sites is 1. The number of anilines is 1. The summed E-state index contributed by atoms with van der Waals surface area (Å²) in [4.78, 5) is 19.0. The quantitative estimate of drug-likeness (QED) is 0.744. The van der Waals surface area contributed by atoms with Crippen LogP contribution in [-0.4, -0.2) is 27.8 Å². The van der Waals surface area contributed by atoms with E-state index in [-0.39, 0.29) is 5.91 Å². The van der Waals surface area contributed by atoms with Crippen LogP contribution in [0.4, 0.5) is 5.69 Å². The fourth-order valence-corrected chi connectivity index (χ4v) is 3.06. The van der Waals surface area contributed by atoms with Crippen molar-refractivity contribution in [3.05, 3.63) is 60.0 Å². The van der Waals surface area contributed by atoms with Gasteiger partial charge in [0, 0.05) is 36.1 Å². The number of amides is 1. The molecule has 1 aliphatic rings. The van der Waals surface area contributed by atoms with Crippen LogP contribution in [0.5, 0.6) is 5.75 Å². The summed E-state index contributed by atoms with van der Waals surface area (Å²) in [6.07, 6.45) is 5.20. The van der Waals surface area contributed by atoms with Crippen molar-refractivity contribution >= 4 is 11.6 Å². The van der Waals surface area contributed by atoms with Gasteiger partial charge in [-0.3, -0.25) is 14.5 Å². The average molecular weight is 320 g/mol. The number of ether oxygens (including phenoxy) is 1. The summed E-state index contributed by atoms with van der Waals surface area (Å²) in [6, 6.07) is 9.48. The highest BCUT2D eigenvalue weighted by Gasteiger charge is 2.32. The van der Waals surface area contributed by atoms with Gasteiger partial charge in [0.25, 0.3) is 5.91 Å². The van der Waals surface area contributed by atoms with E-state index in [9.17, 15) is 4.79 Å². The number of hydrogen-bond acceptors (Lipinski definition) is 4. The molecule has 6 nitrogen and oxygen atoms in total. The van der Waals surface area contributed by atoms with Crippen molar-refractivity contribution in [1.29, 1.82) is 0 Å². The van der Waals surface area contributed by atoms with Crippen LogP contribution in [0.3, 0.4) is 0 Å². The number of nitrogens with zero attached hydrogens (tertiary/aromatic N) is 4. The molecule has 0 bridgehead atoms. The van der Waals surface area contributed by atoms with Gasteiger partial charge in [0.2, 0.25) is 0 Å². The number of aromatic nitrogens is 3. The molecule has 0 atom stereocenters. The molecule has 0 saturated carbocycles. The SMILES string of the molecule is COc1ccccc1-c1nccc2c1CN(c1cnn(C)c1)C2=O. The lowest BCUT2D eigenvalue weighted by Crippen LogP contribution is -2.22. The van der Waals surface area contributed by atoms with E-state index in [0.29, 0.717) is 12.1 Å². The van der Waals surface area contributed by atoms with Crippen LogP contribution >= 0.6 is 0 Å². The van der Waals surface area contributed by atoms with Crippen molar-refractivity contribution in [3.63, 3.8) is 0 Å². The topological polar surface area (TPSA) is 60.2 Å². The molecule has 0 aliphatic carbocycles. The molecule has 0 spiro atoms. The van der Waals surface area contributed by atoms with E-state index in [4.69, 9.17) is 4.74 Å². The van der Waals surface area contributed by atoms with Gasteiger partial charge in [0.15, 0.2) is 0 Å². The molecule has 1 amide bonds. The predicted molar refractivity (Wildman–Crippen MR) is 89.9 cm³/mol. The van der Waals surface area contributed by atoms with Gasteiger partial charge >= 0.3 is 0 Å². The maximum absolute atomic E-state index is 12.8. The highest BCUT2D eigenvalue weighted by Crippen LogP contribution is 2.36. The first kappa shape index (κ1) is 14.4. The monoisotopic (exact) mass is 320 g/mol. The number of benzene rings is 1. The summed E-state index contributed by atoms with van der Waals surface area (Å²) < 4.78 is 7.13. The molecular formula is C18H16N4O2. The highest BCUT2D eigenvalue weighted by atomic mass is 16.5. The number of fused-ring (bicyclic) bond motifs is 1. The van der Waals surface area contributed by atoms with E-state index in [1.165, 1.54) is 0 Å². The number of carbonyl (C=O) groups is 1. The standard InChI is InChI=1S/C18H16N4O2/c1-21-10-12(9-20-21)22-11-15-13(18(22)23)7-8-19-17(15)14-5-3-4-6-16(14)24-2/h3-10H,11H2,1-2H3. The van der Waals surface area contributed by atoms with Crippen LogP contribution < -0.4 is 9.64 Å². The fourth-order valence-electron chi connectivity index (χ4n) is 3.06. The van der Waals surface area contributed by atoms with E-state index < -0.39 is 0 Å². The van der Waals surface area contributed by atoms with E-state index in [1.807, 2.05) is 37.5 Å². The summed E-state index contributed by atoms with van der Waals surface area (Å²) in [7, 11) is 3.47. The Morgan fingerprint density at radius 1 is 1.17 bits per heavy atom. The summed E-state index contributed by atoms with van der Waals surface area (Å²) in [5.41, 5.74) is 4.04. The van der Waals surface area contributed by atoms with Crippen LogP contribution in [0, 0.1) is 0 Å². The first-order chi connectivity index (χ1) is 11.7. The van der Waals surface area contributed by atoms with Gasteiger partial charge in [-0.15, -0.1) is 0 Å². The van der Waals surface area contributed by atoms with E-state index in [0.717, 1.165) is 28.3 Å². The van der Waals surface area contributed by atoms with Crippen LogP contribution in [0.2, 0.25) is 0 Å². The van der Waals surface area contributed by atoms with Crippen LogP contribution in [0.15, 0.2) is 48.9 Å². The van der Waals surface area contributed by atoms with E-state index >= 15 is 0 Å². The fraction of sp³-hybridized carbons (Fsp3) is 0.167. The Morgan fingerprint density at radius 2 is 2.00 bits per heavy atom. The van der Waals surface area contributed by atoms with Crippen LogP contribution in [0.1, 0.15) is 15.9 Å². The third kappa shape index (κ3) is 2.15. The number of hydrogen-bond donors (Lipinski definition) is 0. The third-order valence-corrected chi connectivity index (χ3v) is 4.21. The number of pyridine rings is 1. The molecule has 24 heavy (non-hydrogen) atoms. The molecule has 4 rings (SSSR count). The van der Waals surface area contributed by atoms with Gasteiger partial charge < -0.3 is 9.64 Å². The first-order valence-corrected chi connectivity index (χ1v) is 7.61. The second kappa shape index (κ2) is 5.49. The van der Waals surface area contributed by atoms with E-state index in [2.05, 4.69) is 10.1 Å². The second-order valence-corrected chi connectivity index (χ2v) is 5.65.